The van der Waals surface area contributed by atoms with Gasteiger partial charge in [-0.3, -0.25) is 4.79 Å². The first-order chi connectivity index (χ1) is 14.7. The Balaban J connectivity index is 1.25. The number of carbonyl (C=O) groups is 1. The first-order valence-corrected chi connectivity index (χ1v) is 9.91. The monoisotopic (exact) mass is 404 g/mol. The number of aromatic nitrogens is 3. The van der Waals surface area contributed by atoms with E-state index in [-0.39, 0.29) is 12.5 Å². The lowest BCUT2D eigenvalue weighted by Gasteiger charge is -2.35. The van der Waals surface area contributed by atoms with Crippen LogP contribution in [-0.4, -0.2) is 58.8 Å². The van der Waals surface area contributed by atoms with Crippen LogP contribution in [0.5, 0.6) is 5.75 Å². The van der Waals surface area contributed by atoms with Crippen LogP contribution >= 0.6 is 0 Å². The Morgan fingerprint density at radius 1 is 0.967 bits per heavy atom. The van der Waals surface area contributed by atoms with E-state index in [1.54, 1.807) is 6.20 Å². The highest BCUT2D eigenvalue weighted by atomic mass is 16.5. The van der Waals surface area contributed by atoms with Crippen LogP contribution in [0, 0.1) is 6.92 Å². The van der Waals surface area contributed by atoms with Gasteiger partial charge in [-0.05, 0) is 43.3 Å². The van der Waals surface area contributed by atoms with Crippen LogP contribution in [0.25, 0.3) is 0 Å². The average molecular weight is 404 g/mol. The maximum atomic E-state index is 12.4. The zero-order valence-electron chi connectivity index (χ0n) is 16.9. The lowest BCUT2D eigenvalue weighted by atomic mass is 10.2. The number of amides is 1. The standard InChI is InChI=1S/C22H24N6O2/c1-17-5-7-18(8-6-17)30-16-22(29)28-14-12-27(13-15-28)21-10-9-20(25-26-21)24-19-4-2-3-11-23-19/h2-11H,12-16H2,1H3,(H,23,24,25). The van der Waals surface area contributed by atoms with E-state index in [1.807, 2.05) is 66.4 Å². The number of rotatable bonds is 6. The number of carbonyl (C=O) groups excluding carboxylic acids is 1. The van der Waals surface area contributed by atoms with E-state index in [0.717, 1.165) is 17.2 Å². The minimum Gasteiger partial charge on any atom is -0.484 e. The number of nitrogens with zero attached hydrogens (tertiary/aromatic N) is 5. The van der Waals surface area contributed by atoms with Gasteiger partial charge in [0, 0.05) is 32.4 Å². The number of pyridine rings is 1. The van der Waals surface area contributed by atoms with Crippen LogP contribution in [0.1, 0.15) is 5.56 Å². The lowest BCUT2D eigenvalue weighted by Crippen LogP contribution is -2.50. The second-order valence-electron chi connectivity index (χ2n) is 7.09. The Morgan fingerprint density at radius 3 is 2.43 bits per heavy atom. The van der Waals surface area contributed by atoms with E-state index >= 15 is 0 Å². The van der Waals surface area contributed by atoms with Gasteiger partial charge in [-0.25, -0.2) is 4.98 Å². The molecule has 1 aliphatic rings. The highest BCUT2D eigenvalue weighted by Crippen LogP contribution is 2.17. The summed E-state index contributed by atoms with van der Waals surface area (Å²) in [6, 6.07) is 17.1. The first-order valence-electron chi connectivity index (χ1n) is 9.91. The van der Waals surface area contributed by atoms with E-state index in [2.05, 4.69) is 25.4 Å². The Hall–Kier alpha value is -3.68. The fourth-order valence-corrected chi connectivity index (χ4v) is 3.18. The quantitative estimate of drug-likeness (QED) is 0.676. The maximum Gasteiger partial charge on any atom is 0.260 e. The maximum absolute atomic E-state index is 12.4. The molecule has 0 atom stereocenters. The SMILES string of the molecule is Cc1ccc(OCC(=O)N2CCN(c3ccc(Nc4ccccn4)nn3)CC2)cc1. The second-order valence-corrected chi connectivity index (χ2v) is 7.09. The second kappa shape index (κ2) is 9.21. The van der Waals surface area contributed by atoms with Gasteiger partial charge in [0.15, 0.2) is 18.2 Å². The third kappa shape index (κ3) is 5.02. The minimum absolute atomic E-state index is 0.00350. The van der Waals surface area contributed by atoms with Crippen molar-refractivity contribution in [2.45, 2.75) is 6.92 Å². The predicted molar refractivity (Wildman–Crippen MR) is 115 cm³/mol. The van der Waals surface area contributed by atoms with Crippen molar-refractivity contribution < 1.29 is 9.53 Å². The third-order valence-corrected chi connectivity index (χ3v) is 4.91. The molecule has 1 amide bonds. The van der Waals surface area contributed by atoms with Crippen molar-refractivity contribution in [3.63, 3.8) is 0 Å². The lowest BCUT2D eigenvalue weighted by molar-refractivity contribution is -0.133. The number of hydrogen-bond acceptors (Lipinski definition) is 7. The summed E-state index contributed by atoms with van der Waals surface area (Å²) in [6.45, 7) is 4.74. The van der Waals surface area contributed by atoms with Gasteiger partial charge in [0.1, 0.15) is 11.6 Å². The van der Waals surface area contributed by atoms with Crippen LogP contribution in [0.2, 0.25) is 0 Å². The molecule has 0 saturated carbocycles. The summed E-state index contributed by atoms with van der Waals surface area (Å²) in [7, 11) is 0. The van der Waals surface area contributed by atoms with E-state index in [9.17, 15) is 4.79 Å². The van der Waals surface area contributed by atoms with Crippen LogP contribution in [0.15, 0.2) is 60.8 Å². The largest absolute Gasteiger partial charge is 0.484 e. The normalized spacial score (nSPS) is 13.8. The van der Waals surface area contributed by atoms with Crippen molar-refractivity contribution in [2.24, 2.45) is 0 Å². The molecule has 3 heterocycles. The average Bonchev–Trinajstić information content (AvgIpc) is 2.80. The molecule has 0 radical (unpaired) electrons. The molecular weight excluding hydrogens is 380 g/mol. The number of nitrogens with one attached hydrogen (secondary N) is 1. The molecule has 4 rings (SSSR count). The van der Waals surface area contributed by atoms with E-state index in [1.165, 1.54) is 0 Å². The van der Waals surface area contributed by atoms with Crippen LogP contribution in [0.3, 0.4) is 0 Å². The number of benzene rings is 1. The summed E-state index contributed by atoms with van der Waals surface area (Å²) < 4.78 is 5.61. The number of ether oxygens (including phenoxy) is 1. The predicted octanol–water partition coefficient (Wildman–Crippen LogP) is 2.65. The van der Waals surface area contributed by atoms with Crippen molar-refractivity contribution in [2.75, 3.05) is 43.0 Å². The Morgan fingerprint density at radius 2 is 1.77 bits per heavy atom. The van der Waals surface area contributed by atoms with Crippen molar-refractivity contribution in [1.82, 2.24) is 20.1 Å². The molecule has 0 aliphatic carbocycles. The molecule has 8 heteroatoms. The number of anilines is 3. The fraction of sp³-hybridized carbons (Fsp3) is 0.273. The van der Waals surface area contributed by atoms with Crippen LogP contribution < -0.4 is 15.0 Å². The number of piperazine rings is 1. The Bertz CT molecular complexity index is 955. The molecule has 30 heavy (non-hydrogen) atoms. The van der Waals surface area contributed by atoms with E-state index in [0.29, 0.717) is 37.7 Å². The van der Waals surface area contributed by atoms with Gasteiger partial charge >= 0.3 is 0 Å². The molecular formula is C22H24N6O2. The van der Waals surface area contributed by atoms with Crippen LogP contribution in [-0.2, 0) is 4.79 Å². The summed E-state index contributed by atoms with van der Waals surface area (Å²) in [5.41, 5.74) is 1.16. The molecule has 3 aromatic rings. The first kappa shape index (κ1) is 19.6. The molecule has 2 aromatic heterocycles. The van der Waals surface area contributed by atoms with Gasteiger partial charge in [-0.1, -0.05) is 23.8 Å². The van der Waals surface area contributed by atoms with Gasteiger partial charge in [-0.2, -0.15) is 0 Å². The summed E-state index contributed by atoms with van der Waals surface area (Å²) in [5, 5.41) is 11.7. The van der Waals surface area contributed by atoms with E-state index in [4.69, 9.17) is 4.74 Å². The molecule has 0 spiro atoms. The van der Waals surface area contributed by atoms with Gasteiger partial charge in [0.05, 0.1) is 0 Å². The molecule has 0 bridgehead atoms. The number of aryl methyl sites for hydroxylation is 1. The van der Waals surface area contributed by atoms with Gasteiger partial charge in [0.2, 0.25) is 0 Å². The number of hydrogen-bond donors (Lipinski definition) is 1. The van der Waals surface area contributed by atoms with Gasteiger partial charge < -0.3 is 19.9 Å². The molecule has 1 fully saturated rings. The molecule has 1 aromatic carbocycles. The van der Waals surface area contributed by atoms with Crippen molar-refractivity contribution >= 4 is 23.4 Å². The Labute approximate surface area is 175 Å². The summed E-state index contributed by atoms with van der Waals surface area (Å²) in [4.78, 5) is 20.6. The zero-order valence-corrected chi connectivity index (χ0v) is 16.9. The summed E-state index contributed by atoms with van der Waals surface area (Å²) in [6.07, 6.45) is 1.72. The minimum atomic E-state index is -0.00350. The zero-order chi connectivity index (χ0) is 20.8. The van der Waals surface area contributed by atoms with Crippen molar-refractivity contribution in [3.8, 4) is 5.75 Å². The smallest absolute Gasteiger partial charge is 0.260 e. The molecule has 8 nitrogen and oxygen atoms in total. The van der Waals surface area contributed by atoms with Gasteiger partial charge in [0.25, 0.3) is 5.91 Å². The summed E-state index contributed by atoms with van der Waals surface area (Å²) in [5.74, 6) is 2.86. The Kier molecular flexibility index (Phi) is 6.03. The molecule has 1 aliphatic heterocycles. The molecule has 1 saturated heterocycles. The fourth-order valence-electron chi connectivity index (χ4n) is 3.18. The van der Waals surface area contributed by atoms with Crippen molar-refractivity contribution in [3.05, 3.63) is 66.4 Å². The highest BCUT2D eigenvalue weighted by molar-refractivity contribution is 5.78. The molecule has 154 valence electrons. The molecule has 1 N–H and O–H groups in total. The van der Waals surface area contributed by atoms with Gasteiger partial charge in [-0.15, -0.1) is 10.2 Å². The van der Waals surface area contributed by atoms with E-state index < -0.39 is 0 Å². The molecule has 0 unspecified atom stereocenters. The topological polar surface area (TPSA) is 83.5 Å². The highest BCUT2D eigenvalue weighted by Gasteiger charge is 2.22. The third-order valence-electron chi connectivity index (χ3n) is 4.91. The summed E-state index contributed by atoms with van der Waals surface area (Å²) >= 11 is 0. The van der Waals surface area contributed by atoms with Crippen molar-refractivity contribution in [1.29, 1.82) is 0 Å². The van der Waals surface area contributed by atoms with Crippen LogP contribution in [0.4, 0.5) is 17.5 Å².